The fourth-order valence-corrected chi connectivity index (χ4v) is 12.6. The number of benzene rings is 8. The van der Waals surface area contributed by atoms with E-state index in [0.717, 1.165) is 204 Å². The van der Waals surface area contributed by atoms with Crippen molar-refractivity contribution in [2.45, 2.75) is 207 Å². The number of hydrogen-bond donors (Lipinski definition) is 0. The zero-order chi connectivity index (χ0) is 75.1. The van der Waals surface area contributed by atoms with E-state index in [1.807, 2.05) is 48.5 Å². The molecule has 0 aliphatic rings. The van der Waals surface area contributed by atoms with Crippen LogP contribution >= 0.6 is 11.8 Å². The fourth-order valence-electron chi connectivity index (χ4n) is 11.8. The predicted molar refractivity (Wildman–Crippen MR) is 446 cm³/mol. The highest BCUT2D eigenvalue weighted by molar-refractivity contribution is 7.99. The Balaban J connectivity index is 0.999. The number of terminal acetylenes is 1. The predicted octanol–water partition coefficient (Wildman–Crippen LogP) is 24.8. The van der Waals surface area contributed by atoms with Gasteiger partial charge >= 0.3 is 0 Å². The maximum atomic E-state index is 8.99. The van der Waals surface area contributed by atoms with Gasteiger partial charge < -0.3 is 28.4 Å². The molecule has 0 heterocycles. The molecule has 107 heavy (non-hydrogen) atoms. The lowest BCUT2D eigenvalue weighted by Gasteiger charge is -2.14. The monoisotopic (exact) mass is 1440 g/mol. The molecule has 0 aliphatic heterocycles. The van der Waals surface area contributed by atoms with Crippen LogP contribution in [-0.2, 0) is 0 Å². The van der Waals surface area contributed by atoms with Gasteiger partial charge in [-0.2, -0.15) is 5.26 Å². The number of rotatable bonds is 41. The van der Waals surface area contributed by atoms with Crippen molar-refractivity contribution >= 4 is 11.8 Å². The highest BCUT2D eigenvalue weighted by atomic mass is 32.2. The summed E-state index contributed by atoms with van der Waals surface area (Å²) >= 11 is 1.68. The molecule has 0 unspecified atom stereocenters. The van der Waals surface area contributed by atoms with E-state index >= 15 is 0 Å². The van der Waals surface area contributed by atoms with E-state index in [9.17, 15) is 0 Å². The standard InChI is InChI=1S/C99H109NO6S/c1-8-15-21-27-65-101-94-73-88(95(72-83(94)14-7)102-66-28-22-16-9-2)57-42-78-34-49-84(50-35-78)85-51-36-79(37-52-85)43-58-89-74-97(104-68-30-24-18-11-4)90(75-96(89)103-67-29-23-17-10-3)59-44-80-38-53-86(54-39-80)87-55-40-81(41-56-87)45-60-91-76-99(106-70-32-26-20-13-6)92(77-98(91)105-69-31-25-19-12-5)61-46-82-47-62-93(63-48-82)107-71-33-64-100/h7,34-41,47-56,62-63,72-77H,8-13,15-33,65-71H2,1-6H3. The number of nitriles is 1. The number of unbranched alkanes of at least 4 members (excludes halogenated alkanes) is 18. The van der Waals surface area contributed by atoms with Crippen LogP contribution in [0.3, 0.4) is 0 Å². The van der Waals surface area contributed by atoms with Gasteiger partial charge in [-0.1, -0.05) is 271 Å². The molecule has 0 fully saturated rings. The third-order valence-corrected chi connectivity index (χ3v) is 19.2. The van der Waals surface area contributed by atoms with Gasteiger partial charge in [-0.15, -0.1) is 18.2 Å². The van der Waals surface area contributed by atoms with Crippen LogP contribution in [0, 0.1) is 82.9 Å². The van der Waals surface area contributed by atoms with Gasteiger partial charge in [-0.05, 0) is 134 Å². The Morgan fingerprint density at radius 2 is 0.486 bits per heavy atom. The van der Waals surface area contributed by atoms with Gasteiger partial charge in [-0.3, -0.25) is 0 Å². The topological polar surface area (TPSA) is 79.2 Å². The van der Waals surface area contributed by atoms with Crippen molar-refractivity contribution < 1.29 is 28.4 Å². The Bertz CT molecular complexity index is 4440. The highest BCUT2D eigenvalue weighted by Gasteiger charge is 2.16. The van der Waals surface area contributed by atoms with Crippen molar-refractivity contribution in [3.05, 3.63) is 219 Å². The third-order valence-electron chi connectivity index (χ3n) is 18.2. The van der Waals surface area contributed by atoms with E-state index in [4.69, 9.17) is 40.1 Å². The molecular weight excluding hydrogens is 1330 g/mol. The molecule has 552 valence electrons. The average Bonchev–Trinajstić information content (AvgIpc) is 0.837. The molecule has 0 aliphatic carbocycles. The minimum Gasteiger partial charge on any atom is -0.492 e. The van der Waals surface area contributed by atoms with Gasteiger partial charge in [0.1, 0.15) is 34.5 Å². The van der Waals surface area contributed by atoms with Crippen LogP contribution in [-0.4, -0.2) is 45.4 Å². The van der Waals surface area contributed by atoms with Crippen LogP contribution in [0.4, 0.5) is 0 Å². The summed E-state index contributed by atoms with van der Waals surface area (Å²) in [5, 5.41) is 8.99. The second-order valence-corrected chi connectivity index (χ2v) is 28.1. The first-order chi connectivity index (χ1) is 52.7. The lowest BCUT2D eigenvalue weighted by molar-refractivity contribution is 0.295. The Labute approximate surface area is 647 Å². The van der Waals surface area contributed by atoms with Crippen LogP contribution in [0.15, 0.2) is 163 Å². The molecule has 0 aromatic heterocycles. The SMILES string of the molecule is C#Cc1cc(OCCCCCC)c(C#Cc2ccc(-c3ccc(C#Cc4cc(OCCCCCC)c(C#Cc5ccc(-c6ccc(C#Cc7cc(OCCCCCC)c(C#Cc8ccc(SCCC#N)cc8)cc7OCCCCCC)cc6)cc5)cc4OCCCCCC)cc3)cc2)cc1OCCCCCC. The van der Waals surface area contributed by atoms with Gasteiger partial charge in [0, 0.05) is 81.3 Å². The molecule has 8 heteroatoms. The molecule has 0 saturated heterocycles. The first-order valence-corrected chi connectivity index (χ1v) is 40.6. The van der Waals surface area contributed by atoms with Crippen molar-refractivity contribution in [1.29, 1.82) is 5.26 Å². The van der Waals surface area contributed by atoms with Crippen LogP contribution in [0.1, 0.15) is 263 Å². The van der Waals surface area contributed by atoms with E-state index in [2.05, 4.69) is 222 Å². The summed E-state index contributed by atoms with van der Waals surface area (Å²) in [5.41, 5.74) is 13.3. The minimum atomic E-state index is 0.516. The molecule has 8 aromatic carbocycles. The summed E-state index contributed by atoms with van der Waals surface area (Å²) in [7, 11) is 0. The van der Waals surface area contributed by atoms with Crippen molar-refractivity contribution in [3.63, 3.8) is 0 Å². The Hall–Kier alpha value is -10.2. The molecule has 0 amide bonds. The average molecular weight is 1440 g/mol. The largest absolute Gasteiger partial charge is 0.492 e. The number of nitrogens with zero attached hydrogens (tertiary/aromatic N) is 1. The lowest BCUT2D eigenvalue weighted by Crippen LogP contribution is -2.03. The lowest BCUT2D eigenvalue weighted by atomic mass is 10.0. The third kappa shape index (κ3) is 29.2. The Morgan fingerprint density at radius 3 is 0.701 bits per heavy atom. The summed E-state index contributed by atoms with van der Waals surface area (Å²) in [6, 6.07) is 55.8. The van der Waals surface area contributed by atoms with Crippen molar-refractivity contribution in [1.82, 2.24) is 0 Å². The maximum absolute atomic E-state index is 8.99. The van der Waals surface area contributed by atoms with E-state index in [0.29, 0.717) is 86.1 Å². The summed E-state index contributed by atoms with van der Waals surface area (Å²) in [6.07, 6.45) is 32.8. The van der Waals surface area contributed by atoms with Crippen LogP contribution in [0.2, 0.25) is 0 Å². The molecule has 0 spiro atoms. The molecule has 8 rings (SSSR count). The number of hydrogen-bond acceptors (Lipinski definition) is 8. The van der Waals surface area contributed by atoms with E-state index in [1.54, 1.807) is 11.8 Å². The van der Waals surface area contributed by atoms with Crippen LogP contribution < -0.4 is 28.4 Å². The smallest absolute Gasteiger partial charge is 0.136 e. The van der Waals surface area contributed by atoms with E-state index < -0.39 is 0 Å². The molecule has 8 aromatic rings. The zero-order valence-corrected chi connectivity index (χ0v) is 65.3. The van der Waals surface area contributed by atoms with Crippen LogP contribution in [0.25, 0.3) is 22.3 Å². The minimum absolute atomic E-state index is 0.516. The summed E-state index contributed by atoms with van der Waals surface area (Å²) in [5.74, 6) is 42.1. The van der Waals surface area contributed by atoms with Gasteiger partial charge in [0.15, 0.2) is 0 Å². The quantitative estimate of drug-likeness (QED) is 0.0213. The Kier molecular flexibility index (Phi) is 37.6. The van der Waals surface area contributed by atoms with Gasteiger partial charge in [-0.25, -0.2) is 0 Å². The van der Waals surface area contributed by atoms with Crippen LogP contribution in [0.5, 0.6) is 34.5 Å². The molecule has 0 N–H and O–H groups in total. The van der Waals surface area contributed by atoms with E-state index in [1.165, 1.54) is 38.5 Å². The zero-order valence-electron chi connectivity index (χ0n) is 64.5. The Morgan fingerprint density at radius 1 is 0.271 bits per heavy atom. The molecule has 0 saturated carbocycles. The second-order valence-electron chi connectivity index (χ2n) is 27.0. The van der Waals surface area contributed by atoms with Crippen molar-refractivity contribution in [2.75, 3.05) is 45.4 Å². The maximum Gasteiger partial charge on any atom is 0.136 e. The van der Waals surface area contributed by atoms with Gasteiger partial charge in [0.05, 0.1) is 79.1 Å². The molecule has 0 bridgehead atoms. The highest BCUT2D eigenvalue weighted by Crippen LogP contribution is 2.34. The first-order valence-electron chi connectivity index (χ1n) is 39.6. The first kappa shape index (κ1) is 82.4. The van der Waals surface area contributed by atoms with Crippen molar-refractivity contribution in [2.24, 2.45) is 0 Å². The molecular formula is C99H109NO6S. The van der Waals surface area contributed by atoms with Crippen molar-refractivity contribution in [3.8, 4) is 134 Å². The van der Waals surface area contributed by atoms with Gasteiger partial charge in [0.25, 0.3) is 0 Å². The number of ether oxygens (including phenoxy) is 6. The molecule has 0 atom stereocenters. The second kappa shape index (κ2) is 48.8. The number of thioether (sulfide) groups is 1. The normalized spacial score (nSPS) is 10.4. The summed E-state index contributed by atoms with van der Waals surface area (Å²) in [4.78, 5) is 1.12. The van der Waals surface area contributed by atoms with E-state index in [-0.39, 0.29) is 0 Å². The molecule has 7 nitrogen and oxygen atoms in total. The summed E-state index contributed by atoms with van der Waals surface area (Å²) in [6.45, 7) is 16.9. The molecule has 0 radical (unpaired) electrons. The fraction of sp³-hybridized carbons (Fsp3) is 0.384. The summed E-state index contributed by atoms with van der Waals surface area (Å²) < 4.78 is 38.8. The van der Waals surface area contributed by atoms with Gasteiger partial charge in [0.2, 0.25) is 0 Å².